The van der Waals surface area contributed by atoms with Gasteiger partial charge in [-0.05, 0) is 18.6 Å². The van der Waals surface area contributed by atoms with Gasteiger partial charge in [0.1, 0.15) is 12.4 Å². The van der Waals surface area contributed by atoms with Crippen molar-refractivity contribution >= 4 is 5.96 Å². The lowest BCUT2D eigenvalue weighted by atomic mass is 10.2. The molecule has 0 amide bonds. The third kappa shape index (κ3) is 3.12. The Bertz CT molecular complexity index is 403. The first-order chi connectivity index (χ1) is 8.27. The number of likely N-dealkylation sites (N-methyl/N-ethyl adjacent to an activating group) is 1. The standard InChI is InChI=1S/C13H19N3O/c1-11-5-3-4-6-12(11)17-10-8-15-13-14-7-9-16(13)2/h3-6H,7-10H2,1-2H3,(H,14,15). The molecule has 0 fully saturated rings. The summed E-state index contributed by atoms with van der Waals surface area (Å²) in [5.74, 6) is 1.93. The molecule has 0 bridgehead atoms. The number of nitrogens with zero attached hydrogens (tertiary/aromatic N) is 2. The second kappa shape index (κ2) is 5.57. The highest BCUT2D eigenvalue weighted by atomic mass is 16.5. The molecule has 0 saturated heterocycles. The molecule has 92 valence electrons. The molecule has 2 rings (SSSR count). The van der Waals surface area contributed by atoms with Gasteiger partial charge in [-0.25, -0.2) is 0 Å². The lowest BCUT2D eigenvalue weighted by Crippen LogP contribution is -2.37. The molecule has 1 heterocycles. The van der Waals surface area contributed by atoms with Crippen molar-refractivity contribution in [3.8, 4) is 5.75 Å². The fourth-order valence-corrected chi connectivity index (χ4v) is 1.77. The van der Waals surface area contributed by atoms with Crippen LogP contribution in [0.1, 0.15) is 5.56 Å². The molecule has 0 aliphatic carbocycles. The molecule has 4 nitrogen and oxygen atoms in total. The van der Waals surface area contributed by atoms with Gasteiger partial charge in [-0.3, -0.25) is 4.99 Å². The summed E-state index contributed by atoms with van der Waals surface area (Å²) in [7, 11) is 2.04. The Labute approximate surface area is 102 Å². The number of ether oxygens (including phenoxy) is 1. The number of nitrogens with one attached hydrogen (secondary N) is 1. The van der Waals surface area contributed by atoms with Crippen molar-refractivity contribution in [1.29, 1.82) is 0 Å². The second-order valence-electron chi connectivity index (χ2n) is 4.17. The quantitative estimate of drug-likeness (QED) is 0.796. The number of rotatable bonds is 4. The monoisotopic (exact) mass is 233 g/mol. The maximum atomic E-state index is 5.70. The highest BCUT2D eigenvalue weighted by molar-refractivity contribution is 5.81. The molecule has 1 aromatic rings. The molecule has 1 aromatic carbocycles. The van der Waals surface area contributed by atoms with E-state index in [1.165, 1.54) is 5.56 Å². The van der Waals surface area contributed by atoms with Crippen molar-refractivity contribution in [1.82, 2.24) is 10.2 Å². The van der Waals surface area contributed by atoms with E-state index in [1.807, 2.05) is 25.2 Å². The molecule has 0 saturated carbocycles. The minimum Gasteiger partial charge on any atom is -0.491 e. The zero-order valence-electron chi connectivity index (χ0n) is 10.4. The Morgan fingerprint density at radius 2 is 2.24 bits per heavy atom. The van der Waals surface area contributed by atoms with E-state index in [9.17, 15) is 0 Å². The van der Waals surface area contributed by atoms with Crippen LogP contribution in [-0.4, -0.2) is 44.1 Å². The maximum Gasteiger partial charge on any atom is 0.193 e. The zero-order chi connectivity index (χ0) is 12.1. The van der Waals surface area contributed by atoms with E-state index in [4.69, 9.17) is 4.74 Å². The molecule has 1 aliphatic rings. The Morgan fingerprint density at radius 1 is 1.41 bits per heavy atom. The number of benzene rings is 1. The van der Waals surface area contributed by atoms with Crippen LogP contribution in [0.3, 0.4) is 0 Å². The van der Waals surface area contributed by atoms with Gasteiger partial charge in [0.05, 0.1) is 13.1 Å². The molecule has 4 heteroatoms. The van der Waals surface area contributed by atoms with Crippen LogP contribution in [0, 0.1) is 6.92 Å². The maximum absolute atomic E-state index is 5.70. The number of hydrogen-bond acceptors (Lipinski definition) is 4. The van der Waals surface area contributed by atoms with Crippen LogP contribution in [0.5, 0.6) is 5.75 Å². The van der Waals surface area contributed by atoms with E-state index in [0.29, 0.717) is 6.61 Å². The Morgan fingerprint density at radius 3 is 2.94 bits per heavy atom. The third-order valence-electron chi connectivity index (χ3n) is 2.79. The van der Waals surface area contributed by atoms with Crippen molar-refractivity contribution in [3.63, 3.8) is 0 Å². The van der Waals surface area contributed by atoms with E-state index in [1.54, 1.807) is 0 Å². The molecule has 0 unspecified atom stereocenters. The molecule has 1 N–H and O–H groups in total. The van der Waals surface area contributed by atoms with E-state index in [2.05, 4.69) is 28.2 Å². The summed E-state index contributed by atoms with van der Waals surface area (Å²) >= 11 is 0. The largest absolute Gasteiger partial charge is 0.491 e. The van der Waals surface area contributed by atoms with Crippen molar-refractivity contribution < 1.29 is 4.74 Å². The molecule has 0 aromatic heterocycles. The fraction of sp³-hybridized carbons (Fsp3) is 0.462. The van der Waals surface area contributed by atoms with Crippen LogP contribution in [0.2, 0.25) is 0 Å². The van der Waals surface area contributed by atoms with Gasteiger partial charge in [0, 0.05) is 13.6 Å². The van der Waals surface area contributed by atoms with Gasteiger partial charge < -0.3 is 15.0 Å². The van der Waals surface area contributed by atoms with Crippen LogP contribution in [0.15, 0.2) is 29.3 Å². The Hall–Kier alpha value is -1.71. The highest BCUT2D eigenvalue weighted by Crippen LogP contribution is 2.15. The van der Waals surface area contributed by atoms with Gasteiger partial charge in [0.2, 0.25) is 0 Å². The van der Waals surface area contributed by atoms with Crippen LogP contribution in [0.4, 0.5) is 0 Å². The van der Waals surface area contributed by atoms with Crippen LogP contribution in [-0.2, 0) is 0 Å². The van der Waals surface area contributed by atoms with Gasteiger partial charge >= 0.3 is 0 Å². The summed E-state index contributed by atoms with van der Waals surface area (Å²) in [5, 5.41) is 3.27. The number of aryl methyl sites for hydroxylation is 1. The molecular formula is C13H19N3O. The van der Waals surface area contributed by atoms with Crippen molar-refractivity contribution in [3.05, 3.63) is 29.8 Å². The van der Waals surface area contributed by atoms with Gasteiger partial charge in [-0.2, -0.15) is 0 Å². The summed E-state index contributed by atoms with van der Waals surface area (Å²) in [6.45, 7) is 5.37. The highest BCUT2D eigenvalue weighted by Gasteiger charge is 2.10. The Balaban J connectivity index is 1.72. The predicted octanol–water partition coefficient (Wildman–Crippen LogP) is 1.26. The van der Waals surface area contributed by atoms with Gasteiger partial charge in [0.25, 0.3) is 0 Å². The summed E-state index contributed by atoms with van der Waals surface area (Å²) in [5.41, 5.74) is 1.17. The lowest BCUT2D eigenvalue weighted by Gasteiger charge is -2.15. The van der Waals surface area contributed by atoms with Crippen molar-refractivity contribution in [2.24, 2.45) is 4.99 Å². The normalized spacial score (nSPS) is 14.7. The lowest BCUT2D eigenvalue weighted by molar-refractivity contribution is 0.318. The zero-order valence-corrected chi connectivity index (χ0v) is 10.4. The number of aliphatic imine (C=N–C) groups is 1. The average molecular weight is 233 g/mol. The molecular weight excluding hydrogens is 214 g/mol. The van der Waals surface area contributed by atoms with E-state index in [0.717, 1.165) is 31.3 Å². The number of para-hydroxylation sites is 1. The summed E-state index contributed by atoms with van der Waals surface area (Å²) in [6, 6.07) is 8.05. The van der Waals surface area contributed by atoms with E-state index >= 15 is 0 Å². The first-order valence-corrected chi connectivity index (χ1v) is 5.95. The van der Waals surface area contributed by atoms with Gasteiger partial charge in [-0.1, -0.05) is 18.2 Å². The number of guanidine groups is 1. The van der Waals surface area contributed by atoms with Gasteiger partial charge in [0.15, 0.2) is 5.96 Å². The average Bonchev–Trinajstić information content (AvgIpc) is 2.73. The molecule has 17 heavy (non-hydrogen) atoms. The third-order valence-corrected chi connectivity index (χ3v) is 2.79. The molecule has 0 spiro atoms. The van der Waals surface area contributed by atoms with Gasteiger partial charge in [-0.15, -0.1) is 0 Å². The van der Waals surface area contributed by atoms with Crippen LogP contribution in [0.25, 0.3) is 0 Å². The van der Waals surface area contributed by atoms with Crippen molar-refractivity contribution in [2.75, 3.05) is 33.3 Å². The Kier molecular flexibility index (Phi) is 3.85. The van der Waals surface area contributed by atoms with Crippen LogP contribution >= 0.6 is 0 Å². The fourth-order valence-electron chi connectivity index (χ4n) is 1.77. The van der Waals surface area contributed by atoms with Crippen molar-refractivity contribution in [2.45, 2.75) is 6.92 Å². The molecule has 1 aliphatic heterocycles. The number of hydrogen-bond donors (Lipinski definition) is 1. The predicted molar refractivity (Wildman–Crippen MR) is 69.6 cm³/mol. The van der Waals surface area contributed by atoms with Crippen LogP contribution < -0.4 is 10.1 Å². The minimum atomic E-state index is 0.651. The summed E-state index contributed by atoms with van der Waals surface area (Å²) in [4.78, 5) is 6.47. The van der Waals surface area contributed by atoms with E-state index < -0.39 is 0 Å². The second-order valence-corrected chi connectivity index (χ2v) is 4.17. The molecule has 0 radical (unpaired) electrons. The summed E-state index contributed by atoms with van der Waals surface area (Å²) < 4.78 is 5.70. The molecule has 0 atom stereocenters. The smallest absolute Gasteiger partial charge is 0.193 e. The SMILES string of the molecule is Cc1ccccc1OCCNC1=NCCN1C. The summed E-state index contributed by atoms with van der Waals surface area (Å²) in [6.07, 6.45) is 0. The van der Waals surface area contributed by atoms with E-state index in [-0.39, 0.29) is 0 Å². The minimum absolute atomic E-state index is 0.651. The first kappa shape index (κ1) is 11.8. The topological polar surface area (TPSA) is 36.9 Å². The first-order valence-electron chi connectivity index (χ1n) is 5.95.